The molecule has 3 atom stereocenters. The number of carbonyl (C=O) groups is 1. The largest absolute Gasteiger partial charge is 0.486 e. The van der Waals surface area contributed by atoms with E-state index >= 15 is 0 Å². The van der Waals surface area contributed by atoms with E-state index in [1.807, 2.05) is 62.4 Å². The van der Waals surface area contributed by atoms with Crippen LogP contribution in [0.5, 0.6) is 11.5 Å². The summed E-state index contributed by atoms with van der Waals surface area (Å²) in [4.78, 5) is 12.7. The fraction of sp³-hybridized carbons (Fsp3) is 0.381. The number of rotatable bonds is 6. The van der Waals surface area contributed by atoms with E-state index in [9.17, 15) is 4.79 Å². The molecule has 0 bridgehead atoms. The molecule has 1 aliphatic heterocycles. The van der Waals surface area contributed by atoms with Crippen molar-refractivity contribution in [2.24, 2.45) is 11.7 Å². The zero-order valence-electron chi connectivity index (χ0n) is 15.7. The standard InChI is InChI=1S/C21H26N2O3.ClH/c1-3-17(16-9-10-18-19(13-16)26-12-11-25-18)23-21(24)14(2)20(22)15-7-5-4-6-8-15;/h4-10,13-14,17,20H,3,11-12,22H2,1-2H3,(H,23,24);1H. The van der Waals surface area contributed by atoms with Crippen molar-refractivity contribution in [3.8, 4) is 11.5 Å². The molecule has 6 heteroatoms. The molecule has 3 unspecified atom stereocenters. The SMILES string of the molecule is CCC(NC(=O)C(C)C(N)c1ccccc1)c1ccc2c(c1)OCCO2.Cl. The number of hydrogen-bond donors (Lipinski definition) is 2. The molecule has 1 aliphatic rings. The minimum Gasteiger partial charge on any atom is -0.486 e. The van der Waals surface area contributed by atoms with Gasteiger partial charge in [-0.3, -0.25) is 4.79 Å². The molecule has 146 valence electrons. The predicted octanol–water partition coefficient (Wildman–Crippen LogP) is 3.78. The van der Waals surface area contributed by atoms with E-state index in [0.717, 1.165) is 29.0 Å². The quantitative estimate of drug-likeness (QED) is 0.787. The van der Waals surface area contributed by atoms with Crippen molar-refractivity contribution in [2.75, 3.05) is 13.2 Å². The first-order chi connectivity index (χ1) is 12.6. The number of halogens is 1. The summed E-state index contributed by atoms with van der Waals surface area (Å²) in [6.07, 6.45) is 0.776. The maximum Gasteiger partial charge on any atom is 0.225 e. The van der Waals surface area contributed by atoms with Crippen LogP contribution in [0.25, 0.3) is 0 Å². The van der Waals surface area contributed by atoms with Crippen LogP contribution in [0, 0.1) is 5.92 Å². The van der Waals surface area contributed by atoms with Gasteiger partial charge >= 0.3 is 0 Å². The molecule has 1 heterocycles. The number of fused-ring (bicyclic) bond motifs is 1. The van der Waals surface area contributed by atoms with E-state index in [4.69, 9.17) is 15.2 Å². The fourth-order valence-electron chi connectivity index (χ4n) is 3.13. The highest BCUT2D eigenvalue weighted by atomic mass is 35.5. The molecular weight excluding hydrogens is 364 g/mol. The number of amides is 1. The third kappa shape index (κ3) is 4.93. The lowest BCUT2D eigenvalue weighted by molar-refractivity contribution is -0.126. The number of carbonyl (C=O) groups excluding carboxylic acids is 1. The van der Waals surface area contributed by atoms with Crippen LogP contribution >= 0.6 is 12.4 Å². The first-order valence-electron chi connectivity index (χ1n) is 9.10. The lowest BCUT2D eigenvalue weighted by Crippen LogP contribution is -2.37. The zero-order valence-corrected chi connectivity index (χ0v) is 16.5. The molecule has 0 saturated heterocycles. The number of hydrogen-bond acceptors (Lipinski definition) is 4. The molecule has 0 aliphatic carbocycles. The normalized spacial score (nSPS) is 15.8. The van der Waals surface area contributed by atoms with Crippen LogP contribution in [-0.2, 0) is 4.79 Å². The van der Waals surface area contributed by atoms with Crippen molar-refractivity contribution in [3.63, 3.8) is 0 Å². The molecule has 27 heavy (non-hydrogen) atoms. The van der Waals surface area contributed by atoms with Crippen molar-refractivity contribution < 1.29 is 14.3 Å². The molecule has 0 spiro atoms. The van der Waals surface area contributed by atoms with Crippen molar-refractivity contribution >= 4 is 18.3 Å². The summed E-state index contributed by atoms with van der Waals surface area (Å²) in [6, 6.07) is 15.1. The second-order valence-electron chi connectivity index (χ2n) is 6.60. The molecule has 2 aromatic rings. The second kappa shape index (κ2) is 9.62. The smallest absolute Gasteiger partial charge is 0.225 e. The molecule has 3 rings (SSSR count). The summed E-state index contributed by atoms with van der Waals surface area (Å²) in [5.41, 5.74) is 8.25. The Morgan fingerprint density at radius 1 is 1.07 bits per heavy atom. The molecule has 0 saturated carbocycles. The summed E-state index contributed by atoms with van der Waals surface area (Å²) < 4.78 is 11.2. The van der Waals surface area contributed by atoms with E-state index in [1.54, 1.807) is 0 Å². The lowest BCUT2D eigenvalue weighted by atomic mass is 9.93. The first-order valence-corrected chi connectivity index (χ1v) is 9.10. The molecule has 3 N–H and O–H groups in total. The Bertz CT molecular complexity index is 754. The van der Waals surface area contributed by atoms with Gasteiger partial charge < -0.3 is 20.5 Å². The van der Waals surface area contributed by atoms with Crippen molar-refractivity contribution in [1.82, 2.24) is 5.32 Å². The highest BCUT2D eigenvalue weighted by molar-refractivity contribution is 5.85. The summed E-state index contributed by atoms with van der Waals surface area (Å²) in [5.74, 6) is 1.10. The minimum absolute atomic E-state index is 0. The predicted molar refractivity (Wildman–Crippen MR) is 108 cm³/mol. The molecule has 0 fully saturated rings. The van der Waals surface area contributed by atoms with Crippen molar-refractivity contribution in [1.29, 1.82) is 0 Å². The Morgan fingerprint density at radius 2 is 1.74 bits per heavy atom. The molecular formula is C21H27ClN2O3. The minimum atomic E-state index is -0.339. The van der Waals surface area contributed by atoms with Gasteiger partial charge in [0.15, 0.2) is 11.5 Å². The average Bonchev–Trinajstić information content (AvgIpc) is 2.71. The Morgan fingerprint density at radius 3 is 2.41 bits per heavy atom. The fourth-order valence-corrected chi connectivity index (χ4v) is 3.13. The van der Waals surface area contributed by atoms with Crippen LogP contribution in [0.15, 0.2) is 48.5 Å². The highest BCUT2D eigenvalue weighted by Gasteiger charge is 2.25. The van der Waals surface area contributed by atoms with Gasteiger partial charge in [0.05, 0.1) is 12.0 Å². The van der Waals surface area contributed by atoms with Gasteiger partial charge in [0, 0.05) is 6.04 Å². The topological polar surface area (TPSA) is 73.6 Å². The van der Waals surface area contributed by atoms with E-state index in [-0.39, 0.29) is 36.3 Å². The summed E-state index contributed by atoms with van der Waals surface area (Å²) in [6.45, 7) is 5.02. The van der Waals surface area contributed by atoms with Gasteiger partial charge in [-0.25, -0.2) is 0 Å². The lowest BCUT2D eigenvalue weighted by Gasteiger charge is -2.25. The number of benzene rings is 2. The molecule has 0 radical (unpaired) electrons. The Labute approximate surface area is 166 Å². The maximum absolute atomic E-state index is 12.7. The van der Waals surface area contributed by atoms with Gasteiger partial charge in [0.2, 0.25) is 5.91 Å². The van der Waals surface area contributed by atoms with Crippen molar-refractivity contribution in [2.45, 2.75) is 32.4 Å². The summed E-state index contributed by atoms with van der Waals surface area (Å²) in [7, 11) is 0. The molecule has 5 nitrogen and oxygen atoms in total. The Kier molecular flexibility index (Phi) is 7.51. The van der Waals surface area contributed by atoms with Crippen LogP contribution in [0.2, 0.25) is 0 Å². The van der Waals surface area contributed by atoms with Crippen LogP contribution in [-0.4, -0.2) is 19.1 Å². The third-order valence-electron chi connectivity index (χ3n) is 4.83. The molecule has 0 aromatic heterocycles. The summed E-state index contributed by atoms with van der Waals surface area (Å²) in [5, 5.41) is 3.12. The molecule has 2 aromatic carbocycles. The van der Waals surface area contributed by atoms with Gasteiger partial charge in [0.25, 0.3) is 0 Å². The number of nitrogens with one attached hydrogen (secondary N) is 1. The number of nitrogens with two attached hydrogens (primary N) is 1. The van der Waals surface area contributed by atoms with E-state index in [1.165, 1.54) is 0 Å². The van der Waals surface area contributed by atoms with Crippen LogP contribution < -0.4 is 20.5 Å². The van der Waals surface area contributed by atoms with E-state index < -0.39 is 0 Å². The van der Waals surface area contributed by atoms with Crippen molar-refractivity contribution in [3.05, 3.63) is 59.7 Å². The highest BCUT2D eigenvalue weighted by Crippen LogP contribution is 2.33. The van der Waals surface area contributed by atoms with Crippen LogP contribution in [0.1, 0.15) is 43.5 Å². The van der Waals surface area contributed by atoms with Gasteiger partial charge in [-0.15, -0.1) is 12.4 Å². The Hall–Kier alpha value is -2.24. The van der Waals surface area contributed by atoms with Gasteiger partial charge in [-0.2, -0.15) is 0 Å². The van der Waals surface area contributed by atoms with Gasteiger partial charge in [0.1, 0.15) is 13.2 Å². The van der Waals surface area contributed by atoms with Gasteiger partial charge in [-0.05, 0) is 29.7 Å². The summed E-state index contributed by atoms with van der Waals surface area (Å²) >= 11 is 0. The Balaban J connectivity index is 0.00000261. The van der Waals surface area contributed by atoms with Crippen LogP contribution in [0.3, 0.4) is 0 Å². The second-order valence-corrected chi connectivity index (χ2v) is 6.60. The average molecular weight is 391 g/mol. The zero-order chi connectivity index (χ0) is 18.5. The molecule has 1 amide bonds. The first kappa shape index (κ1) is 21.1. The van der Waals surface area contributed by atoms with E-state index in [0.29, 0.717) is 13.2 Å². The van der Waals surface area contributed by atoms with Crippen LogP contribution in [0.4, 0.5) is 0 Å². The monoisotopic (exact) mass is 390 g/mol. The maximum atomic E-state index is 12.7. The van der Waals surface area contributed by atoms with E-state index in [2.05, 4.69) is 5.32 Å². The number of ether oxygens (including phenoxy) is 2. The third-order valence-corrected chi connectivity index (χ3v) is 4.83. The van der Waals surface area contributed by atoms with Gasteiger partial charge in [-0.1, -0.05) is 50.2 Å².